The summed E-state index contributed by atoms with van der Waals surface area (Å²) in [5.41, 5.74) is 5.44. The van der Waals surface area contributed by atoms with Gasteiger partial charge in [-0.2, -0.15) is 0 Å². The molecule has 0 aromatic carbocycles. The zero-order valence-electron chi connectivity index (χ0n) is 12.0. The number of pyridine rings is 1. The molecule has 5 heteroatoms. The molecule has 0 aliphatic rings. The van der Waals surface area contributed by atoms with Gasteiger partial charge in [-0.1, -0.05) is 0 Å². The molecule has 0 N–H and O–H groups in total. The first-order valence-electron chi connectivity index (χ1n) is 6.44. The van der Waals surface area contributed by atoms with Crippen molar-refractivity contribution in [1.82, 2.24) is 19.5 Å². The van der Waals surface area contributed by atoms with Gasteiger partial charge in [-0.15, -0.1) is 11.3 Å². The fourth-order valence-corrected chi connectivity index (χ4v) is 2.81. The minimum Gasteiger partial charge on any atom is -0.331 e. The third-order valence-corrected chi connectivity index (χ3v) is 4.46. The summed E-state index contributed by atoms with van der Waals surface area (Å²) >= 11 is 1.61. The zero-order chi connectivity index (χ0) is 14.3. The average Bonchev–Trinajstić information content (AvgIpc) is 3.05. The van der Waals surface area contributed by atoms with E-state index in [-0.39, 0.29) is 0 Å². The van der Waals surface area contributed by atoms with Gasteiger partial charge in [-0.3, -0.25) is 4.98 Å². The first-order chi connectivity index (χ1) is 9.58. The van der Waals surface area contributed by atoms with Crippen LogP contribution in [0.2, 0.25) is 0 Å². The van der Waals surface area contributed by atoms with Gasteiger partial charge in [0.15, 0.2) is 0 Å². The highest BCUT2D eigenvalue weighted by Crippen LogP contribution is 2.30. The van der Waals surface area contributed by atoms with Crippen LogP contribution in [0.1, 0.15) is 17.1 Å². The van der Waals surface area contributed by atoms with Crippen molar-refractivity contribution >= 4 is 11.3 Å². The topological polar surface area (TPSA) is 43.6 Å². The number of nitrogens with zero attached hydrogens (tertiary/aromatic N) is 4. The molecule has 0 radical (unpaired) electrons. The van der Waals surface area contributed by atoms with Crippen LogP contribution in [0.5, 0.6) is 0 Å². The molecule has 0 atom stereocenters. The average molecular weight is 284 g/mol. The van der Waals surface area contributed by atoms with Crippen molar-refractivity contribution < 1.29 is 0 Å². The van der Waals surface area contributed by atoms with Gasteiger partial charge in [-0.25, -0.2) is 9.97 Å². The number of thiazole rings is 1. The summed E-state index contributed by atoms with van der Waals surface area (Å²) in [5.74, 6) is 1.00. The zero-order valence-corrected chi connectivity index (χ0v) is 12.8. The number of rotatable bonds is 2. The summed E-state index contributed by atoms with van der Waals surface area (Å²) in [6, 6.07) is 2.11. The van der Waals surface area contributed by atoms with Gasteiger partial charge in [-0.05, 0) is 32.4 Å². The Hall–Kier alpha value is -2.01. The molecule has 0 saturated heterocycles. The summed E-state index contributed by atoms with van der Waals surface area (Å²) in [4.78, 5) is 13.4. The second-order valence-electron chi connectivity index (χ2n) is 4.85. The lowest BCUT2D eigenvalue weighted by Gasteiger charge is -2.11. The molecule has 0 amide bonds. The number of aryl methyl sites for hydroxylation is 2. The Balaban J connectivity index is 2.23. The van der Waals surface area contributed by atoms with E-state index in [9.17, 15) is 0 Å². The lowest BCUT2D eigenvalue weighted by atomic mass is 10.0. The second-order valence-corrected chi connectivity index (χ2v) is 5.75. The van der Waals surface area contributed by atoms with Gasteiger partial charge >= 0.3 is 0 Å². The summed E-state index contributed by atoms with van der Waals surface area (Å²) in [6.07, 6.45) is 3.73. The fraction of sp³-hybridized carbons (Fsp3) is 0.267. The van der Waals surface area contributed by atoms with Crippen LogP contribution >= 0.6 is 11.3 Å². The standard InChI is InChI=1S/C15H16N4S/c1-9-10(2)18-13(15-16-5-6-20-15)7-12(9)14-8-17-11(3)19(14)4/h5-8H,1-4H3. The van der Waals surface area contributed by atoms with Crippen LogP contribution in [0, 0.1) is 20.8 Å². The van der Waals surface area contributed by atoms with Gasteiger partial charge in [0.1, 0.15) is 10.8 Å². The van der Waals surface area contributed by atoms with Crippen molar-refractivity contribution in [3.8, 4) is 22.0 Å². The van der Waals surface area contributed by atoms with E-state index in [2.05, 4.69) is 32.5 Å². The summed E-state index contributed by atoms with van der Waals surface area (Å²) in [5, 5.41) is 2.92. The molecule has 0 aliphatic carbocycles. The van der Waals surface area contributed by atoms with E-state index in [1.165, 1.54) is 11.1 Å². The molecular formula is C15H16N4S. The lowest BCUT2D eigenvalue weighted by molar-refractivity contribution is 0.863. The first kappa shape index (κ1) is 13.0. The van der Waals surface area contributed by atoms with Crippen LogP contribution < -0.4 is 0 Å². The first-order valence-corrected chi connectivity index (χ1v) is 7.32. The van der Waals surface area contributed by atoms with Gasteiger partial charge in [0, 0.05) is 29.9 Å². The lowest BCUT2D eigenvalue weighted by Crippen LogP contribution is -1.99. The van der Waals surface area contributed by atoms with Crippen LogP contribution in [-0.2, 0) is 7.05 Å². The van der Waals surface area contributed by atoms with Crippen LogP contribution in [-0.4, -0.2) is 19.5 Å². The number of hydrogen-bond donors (Lipinski definition) is 0. The Morgan fingerprint density at radius 3 is 2.55 bits per heavy atom. The molecule has 0 spiro atoms. The Kier molecular flexibility index (Phi) is 3.14. The van der Waals surface area contributed by atoms with E-state index in [0.717, 1.165) is 27.9 Å². The maximum atomic E-state index is 4.66. The van der Waals surface area contributed by atoms with Crippen molar-refractivity contribution in [2.24, 2.45) is 7.05 Å². The SMILES string of the molecule is Cc1nc(-c2nccs2)cc(-c2cnc(C)n2C)c1C. The highest BCUT2D eigenvalue weighted by Gasteiger charge is 2.14. The van der Waals surface area contributed by atoms with Gasteiger partial charge in [0.25, 0.3) is 0 Å². The molecule has 4 nitrogen and oxygen atoms in total. The van der Waals surface area contributed by atoms with Crippen LogP contribution in [0.4, 0.5) is 0 Å². The van der Waals surface area contributed by atoms with Gasteiger partial charge in [0.05, 0.1) is 17.6 Å². The largest absolute Gasteiger partial charge is 0.331 e. The van der Waals surface area contributed by atoms with Crippen molar-refractivity contribution in [2.45, 2.75) is 20.8 Å². The van der Waals surface area contributed by atoms with Crippen LogP contribution in [0.15, 0.2) is 23.8 Å². The second kappa shape index (κ2) is 4.83. The number of imidazole rings is 1. The van der Waals surface area contributed by atoms with Crippen LogP contribution in [0.3, 0.4) is 0 Å². The highest BCUT2D eigenvalue weighted by atomic mass is 32.1. The molecule has 20 heavy (non-hydrogen) atoms. The summed E-state index contributed by atoms with van der Waals surface area (Å²) in [6.45, 7) is 6.15. The summed E-state index contributed by atoms with van der Waals surface area (Å²) < 4.78 is 2.10. The maximum Gasteiger partial charge on any atom is 0.141 e. The third-order valence-electron chi connectivity index (χ3n) is 3.66. The van der Waals surface area contributed by atoms with Gasteiger partial charge < -0.3 is 4.57 Å². The normalized spacial score (nSPS) is 11.0. The van der Waals surface area contributed by atoms with E-state index >= 15 is 0 Å². The highest BCUT2D eigenvalue weighted by molar-refractivity contribution is 7.13. The Morgan fingerprint density at radius 1 is 1.15 bits per heavy atom. The molecule has 0 bridgehead atoms. The maximum absolute atomic E-state index is 4.66. The molecular weight excluding hydrogens is 268 g/mol. The molecule has 3 heterocycles. The van der Waals surface area contributed by atoms with E-state index in [0.29, 0.717) is 0 Å². The third kappa shape index (κ3) is 2.04. The van der Waals surface area contributed by atoms with E-state index in [4.69, 9.17) is 0 Å². The quantitative estimate of drug-likeness (QED) is 0.723. The predicted octanol–water partition coefficient (Wildman–Crippen LogP) is 3.53. The number of hydrogen-bond acceptors (Lipinski definition) is 4. The van der Waals surface area contributed by atoms with Crippen molar-refractivity contribution in [1.29, 1.82) is 0 Å². The van der Waals surface area contributed by atoms with Gasteiger partial charge in [0.2, 0.25) is 0 Å². The smallest absolute Gasteiger partial charge is 0.141 e. The molecule has 3 aromatic heterocycles. The Morgan fingerprint density at radius 2 is 1.95 bits per heavy atom. The molecule has 0 fully saturated rings. The fourth-order valence-electron chi connectivity index (χ4n) is 2.21. The van der Waals surface area contributed by atoms with E-state index in [1.54, 1.807) is 11.3 Å². The molecule has 0 aliphatic heterocycles. The minimum absolute atomic E-state index is 0.928. The van der Waals surface area contributed by atoms with E-state index < -0.39 is 0 Å². The minimum atomic E-state index is 0.928. The Bertz CT molecular complexity index is 757. The number of aromatic nitrogens is 4. The molecule has 102 valence electrons. The monoisotopic (exact) mass is 284 g/mol. The van der Waals surface area contributed by atoms with Crippen molar-refractivity contribution in [3.63, 3.8) is 0 Å². The molecule has 3 aromatic rings. The molecule has 0 unspecified atom stereocenters. The molecule has 3 rings (SSSR count). The van der Waals surface area contributed by atoms with Crippen molar-refractivity contribution in [2.75, 3.05) is 0 Å². The van der Waals surface area contributed by atoms with E-state index in [1.807, 2.05) is 38.7 Å². The molecule has 0 saturated carbocycles. The predicted molar refractivity (Wildman–Crippen MR) is 81.8 cm³/mol. The van der Waals surface area contributed by atoms with Crippen molar-refractivity contribution in [3.05, 3.63) is 40.9 Å². The summed E-state index contributed by atoms with van der Waals surface area (Å²) in [7, 11) is 2.04. The van der Waals surface area contributed by atoms with Crippen LogP contribution in [0.25, 0.3) is 22.0 Å². The Labute approximate surface area is 122 Å².